The van der Waals surface area contributed by atoms with Gasteiger partial charge in [-0.3, -0.25) is 19.6 Å². The zero-order chi connectivity index (χ0) is 18.6. The lowest BCUT2D eigenvalue weighted by molar-refractivity contribution is -0.143. The summed E-state index contributed by atoms with van der Waals surface area (Å²) in [5, 5.41) is 0. The van der Waals surface area contributed by atoms with Crippen molar-refractivity contribution in [3.05, 3.63) is 23.8 Å². The molecule has 6 heteroatoms. The Hall–Kier alpha value is -1.98. The summed E-state index contributed by atoms with van der Waals surface area (Å²) in [4.78, 5) is 37.6. The molecule has 0 aromatic carbocycles. The van der Waals surface area contributed by atoms with Crippen LogP contribution >= 0.6 is 0 Å². The Morgan fingerprint density at radius 2 is 2.08 bits per heavy atom. The van der Waals surface area contributed by atoms with Gasteiger partial charge in [-0.2, -0.15) is 0 Å². The largest absolute Gasteiger partial charge is 0.342 e. The Labute approximate surface area is 156 Å². The highest BCUT2D eigenvalue weighted by Gasteiger charge is 2.42. The van der Waals surface area contributed by atoms with Gasteiger partial charge in [-0.1, -0.05) is 13.3 Å². The molecule has 2 amide bonds. The van der Waals surface area contributed by atoms with Gasteiger partial charge in [-0.25, -0.2) is 0 Å². The Morgan fingerprint density at radius 3 is 2.81 bits per heavy atom. The van der Waals surface area contributed by atoms with Crippen LogP contribution in [0.3, 0.4) is 0 Å². The zero-order valence-electron chi connectivity index (χ0n) is 16.0. The molecule has 0 aliphatic carbocycles. The maximum atomic E-state index is 12.5. The van der Waals surface area contributed by atoms with Crippen LogP contribution < -0.4 is 0 Å². The van der Waals surface area contributed by atoms with Crippen LogP contribution in [0.5, 0.6) is 0 Å². The van der Waals surface area contributed by atoms with E-state index in [1.165, 1.54) is 0 Å². The third kappa shape index (κ3) is 4.40. The molecular weight excluding hydrogens is 328 g/mol. The van der Waals surface area contributed by atoms with Gasteiger partial charge in [0.1, 0.15) is 0 Å². The van der Waals surface area contributed by atoms with E-state index < -0.39 is 0 Å². The minimum Gasteiger partial charge on any atom is -0.342 e. The van der Waals surface area contributed by atoms with Crippen LogP contribution in [0.4, 0.5) is 0 Å². The van der Waals surface area contributed by atoms with Crippen molar-refractivity contribution in [1.29, 1.82) is 0 Å². The number of nitrogens with zero attached hydrogens (tertiary/aromatic N) is 4. The molecule has 26 heavy (non-hydrogen) atoms. The molecule has 2 aliphatic heterocycles. The van der Waals surface area contributed by atoms with E-state index in [-0.39, 0.29) is 17.2 Å². The molecule has 0 unspecified atom stereocenters. The number of aromatic nitrogens is 2. The molecule has 2 saturated heterocycles. The molecule has 3 rings (SSSR count). The third-order valence-corrected chi connectivity index (χ3v) is 5.69. The number of amides is 2. The van der Waals surface area contributed by atoms with Gasteiger partial charge in [-0.05, 0) is 32.6 Å². The number of carbonyl (C=O) groups is 2. The highest BCUT2D eigenvalue weighted by Crippen LogP contribution is 2.39. The van der Waals surface area contributed by atoms with Gasteiger partial charge in [0.05, 0.1) is 24.1 Å². The molecule has 2 fully saturated rings. The van der Waals surface area contributed by atoms with E-state index in [9.17, 15) is 9.59 Å². The molecule has 0 N–H and O–H groups in total. The summed E-state index contributed by atoms with van der Waals surface area (Å²) in [6.45, 7) is 6.91. The number of hydrogen-bond donors (Lipinski definition) is 0. The van der Waals surface area contributed by atoms with E-state index in [1.54, 1.807) is 12.4 Å². The van der Waals surface area contributed by atoms with Crippen molar-refractivity contribution in [2.45, 2.75) is 65.3 Å². The fourth-order valence-corrected chi connectivity index (χ4v) is 4.18. The lowest BCUT2D eigenvalue weighted by atomic mass is 9.73. The van der Waals surface area contributed by atoms with Crippen LogP contribution in [-0.2, 0) is 16.1 Å². The topological polar surface area (TPSA) is 66.4 Å². The van der Waals surface area contributed by atoms with Gasteiger partial charge in [-0.15, -0.1) is 0 Å². The molecular formula is C20H30N4O2. The van der Waals surface area contributed by atoms with Gasteiger partial charge in [0, 0.05) is 44.1 Å². The summed E-state index contributed by atoms with van der Waals surface area (Å²) in [5.41, 5.74) is 1.75. The lowest BCUT2D eigenvalue weighted by Crippen LogP contribution is -2.54. The van der Waals surface area contributed by atoms with E-state index >= 15 is 0 Å². The lowest BCUT2D eigenvalue weighted by Gasteiger charge is -2.48. The first-order valence-electron chi connectivity index (χ1n) is 9.84. The summed E-state index contributed by atoms with van der Waals surface area (Å²) in [6.07, 6.45) is 9.73. The number of carbonyl (C=O) groups excluding carboxylic acids is 2. The maximum Gasteiger partial charge on any atom is 0.222 e. The van der Waals surface area contributed by atoms with E-state index in [0.29, 0.717) is 19.4 Å². The number of unbranched alkanes of at least 4 members (excludes halogenated alkanes) is 1. The van der Waals surface area contributed by atoms with Crippen LogP contribution in [0, 0.1) is 12.3 Å². The minimum absolute atomic E-state index is 0.0478. The molecule has 0 radical (unpaired) electrons. The van der Waals surface area contributed by atoms with Crippen LogP contribution in [0.25, 0.3) is 0 Å². The number of likely N-dealkylation sites (tertiary alicyclic amines) is 2. The first kappa shape index (κ1) is 18.8. The second-order valence-electron chi connectivity index (χ2n) is 7.92. The van der Waals surface area contributed by atoms with Crippen molar-refractivity contribution >= 4 is 11.8 Å². The molecule has 1 spiro atoms. The Kier molecular flexibility index (Phi) is 5.89. The summed E-state index contributed by atoms with van der Waals surface area (Å²) >= 11 is 0. The monoisotopic (exact) mass is 358 g/mol. The smallest absolute Gasteiger partial charge is 0.222 e. The molecule has 1 atom stereocenters. The molecule has 142 valence electrons. The molecule has 1 aromatic heterocycles. The molecule has 6 nitrogen and oxygen atoms in total. The number of hydrogen-bond acceptors (Lipinski definition) is 4. The van der Waals surface area contributed by atoms with Crippen molar-refractivity contribution < 1.29 is 9.59 Å². The normalized spacial score (nSPS) is 23.5. The van der Waals surface area contributed by atoms with E-state index in [2.05, 4.69) is 16.9 Å². The van der Waals surface area contributed by atoms with Crippen LogP contribution in [0.1, 0.15) is 63.3 Å². The first-order valence-corrected chi connectivity index (χ1v) is 9.84. The maximum absolute atomic E-state index is 12.5. The van der Waals surface area contributed by atoms with E-state index in [1.807, 2.05) is 16.7 Å². The van der Waals surface area contributed by atoms with Crippen LogP contribution in [0.2, 0.25) is 0 Å². The molecule has 2 aliphatic rings. The number of aryl methyl sites for hydroxylation is 1. The average Bonchev–Trinajstić information content (AvgIpc) is 2.65. The predicted octanol–water partition coefficient (Wildman–Crippen LogP) is 2.71. The van der Waals surface area contributed by atoms with Crippen LogP contribution in [0.15, 0.2) is 12.4 Å². The quantitative estimate of drug-likeness (QED) is 0.812. The average molecular weight is 358 g/mol. The second-order valence-corrected chi connectivity index (χ2v) is 7.92. The van der Waals surface area contributed by atoms with E-state index in [4.69, 9.17) is 0 Å². The van der Waals surface area contributed by atoms with Crippen molar-refractivity contribution in [3.63, 3.8) is 0 Å². The highest BCUT2D eigenvalue weighted by atomic mass is 16.2. The third-order valence-electron chi connectivity index (χ3n) is 5.69. The van der Waals surface area contributed by atoms with Gasteiger partial charge in [0.2, 0.25) is 11.8 Å². The summed E-state index contributed by atoms with van der Waals surface area (Å²) in [5.74, 6) is 0.464. The van der Waals surface area contributed by atoms with E-state index in [0.717, 1.165) is 63.1 Å². The molecule has 1 aromatic rings. The highest BCUT2D eigenvalue weighted by molar-refractivity contribution is 5.78. The molecule has 0 saturated carbocycles. The fourth-order valence-electron chi connectivity index (χ4n) is 4.18. The summed E-state index contributed by atoms with van der Waals surface area (Å²) in [7, 11) is 0. The molecule has 3 heterocycles. The number of piperidine rings is 2. The summed E-state index contributed by atoms with van der Waals surface area (Å²) in [6, 6.07) is 0. The van der Waals surface area contributed by atoms with Gasteiger partial charge in [0.15, 0.2) is 0 Å². The standard InChI is InChI=1S/C20H30N4O2/c1-3-4-6-18(25)23-10-5-8-20(14-23)9-7-19(26)24(15-20)13-17-12-21-16(2)11-22-17/h11-12H,3-10,13-15H2,1-2H3/t20-/m0/s1. The Bertz CT molecular complexity index is 646. The second kappa shape index (κ2) is 8.14. The minimum atomic E-state index is 0.0478. The Morgan fingerprint density at radius 1 is 1.23 bits per heavy atom. The summed E-state index contributed by atoms with van der Waals surface area (Å²) < 4.78 is 0. The molecule has 0 bridgehead atoms. The van der Waals surface area contributed by atoms with Gasteiger partial charge in [0.25, 0.3) is 0 Å². The zero-order valence-corrected chi connectivity index (χ0v) is 16.0. The number of rotatable bonds is 5. The fraction of sp³-hybridized carbons (Fsp3) is 0.700. The van der Waals surface area contributed by atoms with Gasteiger partial charge >= 0.3 is 0 Å². The van der Waals surface area contributed by atoms with Gasteiger partial charge < -0.3 is 9.80 Å². The predicted molar refractivity (Wildman–Crippen MR) is 99.2 cm³/mol. The Balaban J connectivity index is 1.66. The van der Waals surface area contributed by atoms with Crippen molar-refractivity contribution in [1.82, 2.24) is 19.8 Å². The van der Waals surface area contributed by atoms with Crippen molar-refractivity contribution in [3.8, 4) is 0 Å². The van der Waals surface area contributed by atoms with Crippen molar-refractivity contribution in [2.75, 3.05) is 19.6 Å². The first-order chi connectivity index (χ1) is 12.5. The SMILES string of the molecule is CCCCC(=O)N1CCC[C@]2(CCC(=O)N(Cc3cnc(C)cn3)C2)C1. The van der Waals surface area contributed by atoms with Crippen molar-refractivity contribution in [2.24, 2.45) is 5.41 Å². The van der Waals surface area contributed by atoms with Crippen LogP contribution in [-0.4, -0.2) is 51.2 Å².